The van der Waals surface area contributed by atoms with Crippen molar-refractivity contribution in [2.45, 2.75) is 11.4 Å². The summed E-state index contributed by atoms with van der Waals surface area (Å²) >= 11 is 0. The fourth-order valence-electron chi connectivity index (χ4n) is 2.03. The van der Waals surface area contributed by atoms with Crippen LogP contribution < -0.4 is 4.72 Å². The Morgan fingerprint density at radius 1 is 0.955 bits per heavy atom. The molecule has 0 unspecified atom stereocenters. The first kappa shape index (κ1) is 14.5. The number of hydrogen-bond acceptors (Lipinski definition) is 4. The molecule has 0 saturated carbocycles. The Balaban J connectivity index is 1.77. The molecule has 1 N–H and O–H groups in total. The Labute approximate surface area is 128 Å². The van der Waals surface area contributed by atoms with E-state index in [1.165, 1.54) is 6.26 Å². The van der Waals surface area contributed by atoms with Crippen LogP contribution in [0.5, 0.6) is 0 Å². The van der Waals surface area contributed by atoms with Gasteiger partial charge in [0.05, 0.1) is 17.7 Å². The van der Waals surface area contributed by atoms with Gasteiger partial charge in [0.15, 0.2) is 0 Å². The second-order valence-electron chi connectivity index (χ2n) is 4.66. The summed E-state index contributed by atoms with van der Waals surface area (Å²) in [5.41, 5.74) is 1.93. The highest BCUT2D eigenvalue weighted by molar-refractivity contribution is 7.89. The number of nitrogens with zero attached hydrogens (tertiary/aromatic N) is 1. The number of rotatable bonds is 5. The van der Waals surface area contributed by atoms with Crippen LogP contribution in [-0.2, 0) is 16.6 Å². The number of sulfonamides is 1. The topological polar surface area (TPSA) is 72.2 Å². The SMILES string of the molecule is O=S(=O)(NCc1ccco1)c1ccc(-c2ccncc2)cc1. The quantitative estimate of drug-likeness (QED) is 0.786. The third kappa shape index (κ3) is 3.24. The Hall–Kier alpha value is -2.44. The third-order valence-corrected chi connectivity index (χ3v) is 4.61. The van der Waals surface area contributed by atoms with Crippen LogP contribution in [-0.4, -0.2) is 13.4 Å². The number of benzene rings is 1. The van der Waals surface area contributed by atoms with E-state index in [-0.39, 0.29) is 11.4 Å². The van der Waals surface area contributed by atoms with Crippen LogP contribution >= 0.6 is 0 Å². The maximum atomic E-state index is 12.2. The molecule has 6 heteroatoms. The van der Waals surface area contributed by atoms with Crippen LogP contribution in [0.3, 0.4) is 0 Å². The molecule has 0 radical (unpaired) electrons. The molecule has 0 saturated heterocycles. The highest BCUT2D eigenvalue weighted by atomic mass is 32.2. The third-order valence-electron chi connectivity index (χ3n) is 3.19. The summed E-state index contributed by atoms with van der Waals surface area (Å²) in [5, 5.41) is 0. The van der Waals surface area contributed by atoms with Gasteiger partial charge in [-0.1, -0.05) is 12.1 Å². The van der Waals surface area contributed by atoms with E-state index < -0.39 is 10.0 Å². The number of nitrogens with one attached hydrogen (secondary N) is 1. The van der Waals surface area contributed by atoms with Crippen molar-refractivity contribution >= 4 is 10.0 Å². The van der Waals surface area contributed by atoms with Gasteiger partial charge < -0.3 is 4.42 Å². The molecule has 2 aromatic heterocycles. The summed E-state index contributed by atoms with van der Waals surface area (Å²) in [7, 11) is -3.56. The molecule has 0 spiro atoms. The lowest BCUT2D eigenvalue weighted by atomic mass is 10.1. The van der Waals surface area contributed by atoms with E-state index in [1.807, 2.05) is 12.1 Å². The molecule has 2 heterocycles. The van der Waals surface area contributed by atoms with Crippen molar-refractivity contribution in [3.05, 3.63) is 72.9 Å². The number of furan rings is 1. The molecule has 3 rings (SSSR count). The summed E-state index contributed by atoms with van der Waals surface area (Å²) in [4.78, 5) is 4.18. The highest BCUT2D eigenvalue weighted by Gasteiger charge is 2.14. The van der Waals surface area contributed by atoms with Crippen molar-refractivity contribution in [2.75, 3.05) is 0 Å². The lowest BCUT2D eigenvalue weighted by Gasteiger charge is -2.07. The second-order valence-corrected chi connectivity index (χ2v) is 6.43. The van der Waals surface area contributed by atoms with E-state index in [1.54, 1.807) is 48.8 Å². The first-order valence-corrected chi connectivity index (χ1v) is 8.16. The van der Waals surface area contributed by atoms with E-state index in [0.29, 0.717) is 5.76 Å². The zero-order valence-corrected chi connectivity index (χ0v) is 12.5. The van der Waals surface area contributed by atoms with Gasteiger partial charge in [0.1, 0.15) is 5.76 Å². The smallest absolute Gasteiger partial charge is 0.240 e. The van der Waals surface area contributed by atoms with Crippen LogP contribution in [0.2, 0.25) is 0 Å². The standard InChI is InChI=1S/C16H14N2O3S/c19-22(20,18-12-15-2-1-11-21-15)16-5-3-13(4-6-16)14-7-9-17-10-8-14/h1-11,18H,12H2. The van der Waals surface area contributed by atoms with Crippen molar-refractivity contribution in [3.63, 3.8) is 0 Å². The molecule has 3 aromatic rings. The zero-order valence-electron chi connectivity index (χ0n) is 11.6. The van der Waals surface area contributed by atoms with Gasteiger partial charge in [-0.15, -0.1) is 0 Å². The molecular weight excluding hydrogens is 300 g/mol. The number of hydrogen-bond donors (Lipinski definition) is 1. The van der Waals surface area contributed by atoms with Gasteiger partial charge >= 0.3 is 0 Å². The second kappa shape index (κ2) is 6.13. The van der Waals surface area contributed by atoms with E-state index in [9.17, 15) is 8.42 Å². The average molecular weight is 314 g/mol. The zero-order chi connectivity index (χ0) is 15.4. The van der Waals surface area contributed by atoms with Crippen LogP contribution in [0.25, 0.3) is 11.1 Å². The van der Waals surface area contributed by atoms with Gasteiger partial charge in [-0.3, -0.25) is 4.98 Å². The van der Waals surface area contributed by atoms with E-state index in [2.05, 4.69) is 9.71 Å². The number of aromatic nitrogens is 1. The van der Waals surface area contributed by atoms with E-state index >= 15 is 0 Å². The lowest BCUT2D eigenvalue weighted by Crippen LogP contribution is -2.22. The lowest BCUT2D eigenvalue weighted by molar-refractivity contribution is 0.498. The molecule has 112 valence electrons. The molecule has 0 fully saturated rings. The van der Waals surface area contributed by atoms with Gasteiger partial charge in [0.25, 0.3) is 0 Å². The molecular formula is C16H14N2O3S. The molecule has 0 atom stereocenters. The van der Waals surface area contributed by atoms with Gasteiger partial charge in [0.2, 0.25) is 10.0 Å². The van der Waals surface area contributed by atoms with Crippen LogP contribution in [0.4, 0.5) is 0 Å². The Morgan fingerprint density at radius 2 is 1.64 bits per heavy atom. The number of pyridine rings is 1. The minimum atomic E-state index is -3.56. The van der Waals surface area contributed by atoms with Crippen LogP contribution in [0.1, 0.15) is 5.76 Å². The fourth-order valence-corrected chi connectivity index (χ4v) is 3.03. The Bertz CT molecular complexity index is 827. The van der Waals surface area contributed by atoms with Gasteiger partial charge in [-0.05, 0) is 47.5 Å². The Morgan fingerprint density at radius 3 is 2.27 bits per heavy atom. The molecule has 0 bridgehead atoms. The van der Waals surface area contributed by atoms with Crippen molar-refractivity contribution < 1.29 is 12.8 Å². The molecule has 0 aliphatic carbocycles. The maximum Gasteiger partial charge on any atom is 0.240 e. The summed E-state index contributed by atoms with van der Waals surface area (Å²) in [5.74, 6) is 0.567. The molecule has 0 aliphatic rings. The highest BCUT2D eigenvalue weighted by Crippen LogP contribution is 2.20. The molecule has 5 nitrogen and oxygen atoms in total. The maximum absolute atomic E-state index is 12.2. The molecule has 0 aliphatic heterocycles. The molecule has 0 amide bonds. The first-order valence-electron chi connectivity index (χ1n) is 6.68. The summed E-state index contributed by atoms with van der Waals surface area (Å²) in [6.07, 6.45) is 4.91. The largest absolute Gasteiger partial charge is 0.468 e. The fraction of sp³-hybridized carbons (Fsp3) is 0.0625. The molecule has 22 heavy (non-hydrogen) atoms. The minimum Gasteiger partial charge on any atom is -0.468 e. The van der Waals surface area contributed by atoms with Gasteiger partial charge in [0, 0.05) is 12.4 Å². The monoisotopic (exact) mass is 314 g/mol. The van der Waals surface area contributed by atoms with Crippen LogP contribution in [0, 0.1) is 0 Å². The average Bonchev–Trinajstić information content (AvgIpc) is 3.08. The normalized spacial score (nSPS) is 11.5. The van der Waals surface area contributed by atoms with Crippen LogP contribution in [0.15, 0.2) is 76.5 Å². The summed E-state index contributed by atoms with van der Waals surface area (Å²) in [6, 6.07) is 13.9. The minimum absolute atomic E-state index is 0.126. The predicted molar refractivity (Wildman–Crippen MR) is 82.4 cm³/mol. The summed E-state index contributed by atoms with van der Waals surface area (Å²) in [6.45, 7) is 0.126. The van der Waals surface area contributed by atoms with Crippen molar-refractivity contribution in [2.24, 2.45) is 0 Å². The van der Waals surface area contributed by atoms with Gasteiger partial charge in [-0.2, -0.15) is 0 Å². The van der Waals surface area contributed by atoms with Crippen molar-refractivity contribution in [1.82, 2.24) is 9.71 Å². The Kier molecular flexibility index (Phi) is 4.04. The van der Waals surface area contributed by atoms with E-state index in [0.717, 1.165) is 11.1 Å². The summed E-state index contributed by atoms with van der Waals surface area (Å²) < 4.78 is 32.0. The van der Waals surface area contributed by atoms with Crippen molar-refractivity contribution in [3.8, 4) is 11.1 Å². The molecule has 1 aromatic carbocycles. The van der Waals surface area contributed by atoms with Gasteiger partial charge in [-0.25, -0.2) is 13.1 Å². The van der Waals surface area contributed by atoms with E-state index in [4.69, 9.17) is 4.42 Å². The predicted octanol–water partition coefficient (Wildman–Crippen LogP) is 2.82. The first-order chi connectivity index (χ1) is 10.6. The van der Waals surface area contributed by atoms with Crippen molar-refractivity contribution in [1.29, 1.82) is 0 Å².